The minimum absolute atomic E-state index is 0.0492. The van der Waals surface area contributed by atoms with Gasteiger partial charge in [-0.15, -0.1) is 0 Å². The molecule has 7 heteroatoms. The zero-order chi connectivity index (χ0) is 22.4. The van der Waals surface area contributed by atoms with Crippen LogP contribution in [0.1, 0.15) is 29.5 Å². The third-order valence-electron chi connectivity index (χ3n) is 5.45. The van der Waals surface area contributed by atoms with Crippen molar-refractivity contribution < 1.29 is 22.8 Å². The van der Waals surface area contributed by atoms with E-state index in [1.54, 1.807) is 29.0 Å². The molecule has 1 fully saturated rings. The summed E-state index contributed by atoms with van der Waals surface area (Å²) in [6.07, 6.45) is 0.0930. The first kappa shape index (κ1) is 22.6. The predicted molar refractivity (Wildman–Crippen MR) is 113 cm³/mol. The fraction of sp³-hybridized carbons (Fsp3) is 0.333. The lowest BCUT2D eigenvalue weighted by Gasteiger charge is -2.32. The second-order valence-corrected chi connectivity index (χ2v) is 7.73. The highest BCUT2D eigenvalue weighted by Gasteiger charge is 2.31. The minimum atomic E-state index is -4.37. The number of likely N-dealkylation sites (tertiary alicyclic amines) is 1. The number of nitrogens with zero attached hydrogens (tertiary/aromatic N) is 2. The summed E-state index contributed by atoms with van der Waals surface area (Å²) in [6.45, 7) is 1.25. The summed E-state index contributed by atoms with van der Waals surface area (Å²) in [7, 11) is 1.65. The summed E-state index contributed by atoms with van der Waals surface area (Å²) in [5, 5.41) is 0. The molecule has 0 aromatic heterocycles. The molecule has 0 unspecified atom stereocenters. The van der Waals surface area contributed by atoms with Crippen LogP contribution in [0, 0.1) is 5.92 Å². The Kier molecular flexibility index (Phi) is 7.15. The molecule has 0 spiro atoms. The van der Waals surface area contributed by atoms with Crippen LogP contribution in [-0.2, 0) is 22.3 Å². The second kappa shape index (κ2) is 9.81. The quantitative estimate of drug-likeness (QED) is 0.650. The van der Waals surface area contributed by atoms with Crippen molar-refractivity contribution in [2.24, 2.45) is 5.92 Å². The molecular formula is C24H25F3N2O2. The van der Waals surface area contributed by atoms with Gasteiger partial charge < -0.3 is 9.80 Å². The van der Waals surface area contributed by atoms with Gasteiger partial charge in [-0.1, -0.05) is 42.5 Å². The number of carbonyl (C=O) groups excluding carboxylic acids is 2. The first-order valence-corrected chi connectivity index (χ1v) is 10.2. The molecule has 1 aliphatic heterocycles. The van der Waals surface area contributed by atoms with Crippen molar-refractivity contribution in [3.63, 3.8) is 0 Å². The van der Waals surface area contributed by atoms with Crippen LogP contribution in [-0.4, -0.2) is 41.8 Å². The summed E-state index contributed by atoms with van der Waals surface area (Å²) in [5.74, 6) is -0.318. The van der Waals surface area contributed by atoms with E-state index in [0.29, 0.717) is 31.5 Å². The lowest BCUT2D eigenvalue weighted by Crippen LogP contribution is -2.42. The van der Waals surface area contributed by atoms with Gasteiger partial charge in [0.2, 0.25) is 11.8 Å². The van der Waals surface area contributed by atoms with Gasteiger partial charge in [0.05, 0.1) is 5.56 Å². The monoisotopic (exact) mass is 430 g/mol. The molecular weight excluding hydrogens is 405 g/mol. The van der Waals surface area contributed by atoms with Crippen molar-refractivity contribution >= 4 is 17.9 Å². The summed E-state index contributed by atoms with van der Waals surface area (Å²) < 4.78 is 38.0. The van der Waals surface area contributed by atoms with E-state index in [2.05, 4.69) is 0 Å². The van der Waals surface area contributed by atoms with E-state index in [9.17, 15) is 22.8 Å². The molecule has 31 heavy (non-hydrogen) atoms. The van der Waals surface area contributed by atoms with Crippen molar-refractivity contribution in [3.05, 3.63) is 77.4 Å². The van der Waals surface area contributed by atoms with Crippen molar-refractivity contribution in [1.82, 2.24) is 9.80 Å². The normalized spacial score (nSPS) is 15.3. The SMILES string of the molecule is CN(Cc1ccc(C(F)(F)F)cc1)C(=O)C1CCN(C(=O)C=Cc2ccccc2)CC1. The van der Waals surface area contributed by atoms with Gasteiger partial charge in [0.25, 0.3) is 0 Å². The van der Waals surface area contributed by atoms with Crippen molar-refractivity contribution in [2.45, 2.75) is 25.6 Å². The van der Waals surface area contributed by atoms with E-state index < -0.39 is 11.7 Å². The van der Waals surface area contributed by atoms with Crippen LogP contribution in [0.5, 0.6) is 0 Å². The van der Waals surface area contributed by atoms with Crippen LogP contribution < -0.4 is 0 Å². The van der Waals surface area contributed by atoms with Gasteiger partial charge in [-0.05, 0) is 42.2 Å². The summed E-state index contributed by atoms with van der Waals surface area (Å²) >= 11 is 0. The fourth-order valence-electron chi connectivity index (χ4n) is 3.65. The summed E-state index contributed by atoms with van der Waals surface area (Å²) in [4.78, 5) is 28.4. The Morgan fingerprint density at radius 2 is 1.65 bits per heavy atom. The topological polar surface area (TPSA) is 40.6 Å². The Hall–Kier alpha value is -3.09. The van der Waals surface area contributed by atoms with Crippen LogP contribution in [0.25, 0.3) is 6.08 Å². The summed E-state index contributed by atoms with van der Waals surface area (Å²) in [6, 6.07) is 14.4. The number of hydrogen-bond donors (Lipinski definition) is 0. The Morgan fingerprint density at radius 1 is 1.03 bits per heavy atom. The molecule has 4 nitrogen and oxygen atoms in total. The molecule has 1 aliphatic rings. The van der Waals surface area contributed by atoms with Gasteiger partial charge in [0, 0.05) is 38.7 Å². The van der Waals surface area contributed by atoms with Crippen LogP contribution in [0.4, 0.5) is 13.2 Å². The Labute approximate surface area is 180 Å². The van der Waals surface area contributed by atoms with Crippen molar-refractivity contribution in [1.29, 1.82) is 0 Å². The number of halogens is 3. The predicted octanol–water partition coefficient (Wildman–Crippen LogP) is 4.62. The molecule has 2 amide bonds. The average molecular weight is 430 g/mol. The molecule has 1 saturated heterocycles. The van der Waals surface area contributed by atoms with Crippen LogP contribution in [0.15, 0.2) is 60.7 Å². The maximum absolute atomic E-state index is 12.7. The van der Waals surface area contributed by atoms with Gasteiger partial charge in [-0.2, -0.15) is 13.2 Å². The zero-order valence-corrected chi connectivity index (χ0v) is 17.3. The molecule has 2 aromatic carbocycles. The lowest BCUT2D eigenvalue weighted by atomic mass is 9.95. The number of rotatable bonds is 5. The van der Waals surface area contributed by atoms with Gasteiger partial charge in [0.15, 0.2) is 0 Å². The van der Waals surface area contributed by atoms with Crippen LogP contribution in [0.2, 0.25) is 0 Å². The van der Waals surface area contributed by atoms with E-state index in [1.165, 1.54) is 12.1 Å². The van der Waals surface area contributed by atoms with Crippen LogP contribution >= 0.6 is 0 Å². The third kappa shape index (κ3) is 6.20. The molecule has 0 atom stereocenters. The van der Waals surface area contributed by atoms with E-state index in [1.807, 2.05) is 30.3 Å². The van der Waals surface area contributed by atoms with Crippen molar-refractivity contribution in [2.75, 3.05) is 20.1 Å². The van der Waals surface area contributed by atoms with Gasteiger partial charge in [-0.25, -0.2) is 0 Å². The molecule has 3 rings (SSSR count). The lowest BCUT2D eigenvalue weighted by molar-refractivity contribution is -0.139. The molecule has 0 radical (unpaired) electrons. The largest absolute Gasteiger partial charge is 0.416 e. The van der Waals surface area contributed by atoms with E-state index >= 15 is 0 Å². The molecule has 0 saturated carbocycles. The number of amides is 2. The molecule has 0 aliphatic carbocycles. The fourth-order valence-corrected chi connectivity index (χ4v) is 3.65. The molecule has 1 heterocycles. The smallest absolute Gasteiger partial charge is 0.341 e. The van der Waals surface area contributed by atoms with Crippen LogP contribution in [0.3, 0.4) is 0 Å². The van der Waals surface area contributed by atoms with Gasteiger partial charge in [-0.3, -0.25) is 9.59 Å². The first-order valence-electron chi connectivity index (χ1n) is 10.2. The summed E-state index contributed by atoms with van der Waals surface area (Å²) in [5.41, 5.74) is 0.886. The molecule has 0 N–H and O–H groups in total. The number of hydrogen-bond acceptors (Lipinski definition) is 2. The van der Waals surface area contributed by atoms with E-state index in [0.717, 1.165) is 17.7 Å². The maximum atomic E-state index is 12.7. The highest BCUT2D eigenvalue weighted by atomic mass is 19.4. The molecule has 2 aromatic rings. The minimum Gasteiger partial charge on any atom is -0.341 e. The Bertz CT molecular complexity index is 916. The van der Waals surface area contributed by atoms with E-state index in [4.69, 9.17) is 0 Å². The van der Waals surface area contributed by atoms with Gasteiger partial charge >= 0.3 is 6.18 Å². The Balaban J connectivity index is 1.49. The highest BCUT2D eigenvalue weighted by Crippen LogP contribution is 2.29. The molecule has 0 bridgehead atoms. The third-order valence-corrected chi connectivity index (χ3v) is 5.45. The van der Waals surface area contributed by atoms with E-state index in [-0.39, 0.29) is 24.3 Å². The standard InChI is InChI=1S/C24H25F3N2O2/c1-28(17-19-7-10-21(11-8-19)24(25,26)27)23(31)20-13-15-29(16-14-20)22(30)12-9-18-5-3-2-4-6-18/h2-12,20H,13-17H2,1H3. The Morgan fingerprint density at radius 3 is 2.23 bits per heavy atom. The zero-order valence-electron chi connectivity index (χ0n) is 17.3. The average Bonchev–Trinajstić information content (AvgIpc) is 2.77. The number of piperidine rings is 1. The maximum Gasteiger partial charge on any atom is 0.416 e. The first-order chi connectivity index (χ1) is 14.7. The van der Waals surface area contributed by atoms with Gasteiger partial charge in [0.1, 0.15) is 0 Å². The number of alkyl halides is 3. The second-order valence-electron chi connectivity index (χ2n) is 7.73. The number of carbonyl (C=O) groups is 2. The molecule has 164 valence electrons. The number of benzene rings is 2. The highest BCUT2D eigenvalue weighted by molar-refractivity contribution is 5.92. The van der Waals surface area contributed by atoms with Crippen molar-refractivity contribution in [3.8, 4) is 0 Å².